The van der Waals surface area contributed by atoms with Crippen LogP contribution in [-0.2, 0) is 21.0 Å². The number of nitrogens with one attached hydrogen (secondary N) is 1. The minimum absolute atomic E-state index is 0.179. The molecular weight excluding hydrogens is 477 g/mol. The standard InChI is InChI=1S/C18H16ClF3N4O5S/c1-11(12-4-3-5-14(8-12)26(28)29)23-24-17(27)10-25(32(2,30)31)13-6-7-16(19)15(9-13)18(20,21)22/h3-9H,10H2,1-2H3,(H,24,27)/b23-11-. The van der Waals surface area contributed by atoms with E-state index in [1.54, 1.807) is 0 Å². The van der Waals surface area contributed by atoms with Gasteiger partial charge in [-0.25, -0.2) is 13.8 Å². The van der Waals surface area contributed by atoms with Crippen molar-refractivity contribution < 1.29 is 31.3 Å². The van der Waals surface area contributed by atoms with E-state index in [2.05, 4.69) is 10.5 Å². The van der Waals surface area contributed by atoms with Crippen LogP contribution in [0.25, 0.3) is 0 Å². The van der Waals surface area contributed by atoms with Gasteiger partial charge in [-0.3, -0.25) is 19.2 Å². The Morgan fingerprint density at radius 3 is 2.47 bits per heavy atom. The summed E-state index contributed by atoms with van der Waals surface area (Å²) in [7, 11) is -4.16. The maximum atomic E-state index is 13.1. The van der Waals surface area contributed by atoms with Gasteiger partial charge in [0.1, 0.15) is 6.54 Å². The number of rotatable bonds is 7. The maximum Gasteiger partial charge on any atom is 0.417 e. The molecule has 2 aromatic carbocycles. The van der Waals surface area contributed by atoms with Crippen LogP contribution in [0.5, 0.6) is 0 Å². The summed E-state index contributed by atoms with van der Waals surface area (Å²) in [5.41, 5.74) is 0.712. The molecular formula is C18H16ClF3N4O5S. The van der Waals surface area contributed by atoms with Gasteiger partial charge in [-0.05, 0) is 25.1 Å². The Hall–Kier alpha value is -3.19. The molecule has 0 aliphatic rings. The molecule has 1 amide bonds. The zero-order valence-electron chi connectivity index (χ0n) is 16.6. The molecule has 0 bridgehead atoms. The lowest BCUT2D eigenvalue weighted by atomic mass is 10.1. The molecule has 32 heavy (non-hydrogen) atoms. The Labute approximate surface area is 185 Å². The average Bonchev–Trinajstić information content (AvgIpc) is 2.69. The van der Waals surface area contributed by atoms with Crippen molar-refractivity contribution in [3.63, 3.8) is 0 Å². The van der Waals surface area contributed by atoms with Crippen LogP contribution in [0.2, 0.25) is 5.02 Å². The van der Waals surface area contributed by atoms with E-state index in [1.165, 1.54) is 31.2 Å². The van der Waals surface area contributed by atoms with Gasteiger partial charge in [0.15, 0.2) is 0 Å². The Bertz CT molecular complexity index is 1190. The van der Waals surface area contributed by atoms with Crippen LogP contribution in [0.3, 0.4) is 0 Å². The lowest BCUT2D eigenvalue weighted by molar-refractivity contribution is -0.384. The molecule has 0 aliphatic carbocycles. The van der Waals surface area contributed by atoms with Gasteiger partial charge >= 0.3 is 6.18 Å². The average molecular weight is 493 g/mol. The van der Waals surface area contributed by atoms with Crippen molar-refractivity contribution in [2.24, 2.45) is 5.10 Å². The van der Waals surface area contributed by atoms with Crippen LogP contribution in [-0.4, -0.2) is 37.8 Å². The fraction of sp³-hybridized carbons (Fsp3) is 0.222. The molecule has 0 radical (unpaired) electrons. The van der Waals surface area contributed by atoms with E-state index in [1.807, 2.05) is 0 Å². The number of carbonyl (C=O) groups excluding carboxylic acids is 1. The van der Waals surface area contributed by atoms with Crippen LogP contribution in [0.4, 0.5) is 24.5 Å². The highest BCUT2D eigenvalue weighted by Crippen LogP contribution is 2.37. The fourth-order valence-electron chi connectivity index (χ4n) is 2.51. The number of benzene rings is 2. The number of nitro groups is 1. The molecule has 0 aliphatic heterocycles. The summed E-state index contributed by atoms with van der Waals surface area (Å²) in [6, 6.07) is 7.84. The van der Waals surface area contributed by atoms with Gasteiger partial charge in [0.2, 0.25) is 10.0 Å². The number of carbonyl (C=O) groups is 1. The molecule has 0 unspecified atom stereocenters. The van der Waals surface area contributed by atoms with Crippen molar-refractivity contribution in [1.29, 1.82) is 0 Å². The Morgan fingerprint density at radius 1 is 1.25 bits per heavy atom. The van der Waals surface area contributed by atoms with E-state index in [0.29, 0.717) is 15.9 Å². The number of sulfonamides is 1. The Kier molecular flexibility index (Phi) is 7.46. The topological polar surface area (TPSA) is 122 Å². The molecule has 9 nitrogen and oxygen atoms in total. The molecule has 1 N–H and O–H groups in total. The molecule has 2 rings (SSSR count). The third kappa shape index (κ3) is 6.40. The van der Waals surface area contributed by atoms with Gasteiger partial charge in [-0.15, -0.1) is 0 Å². The quantitative estimate of drug-likeness (QED) is 0.359. The van der Waals surface area contributed by atoms with Gasteiger partial charge in [-0.2, -0.15) is 18.3 Å². The zero-order chi connectivity index (χ0) is 24.3. The Morgan fingerprint density at radius 2 is 1.91 bits per heavy atom. The Balaban J connectivity index is 2.26. The van der Waals surface area contributed by atoms with Crippen molar-refractivity contribution in [2.75, 3.05) is 17.1 Å². The largest absolute Gasteiger partial charge is 0.417 e. The number of amides is 1. The number of alkyl halides is 3. The van der Waals surface area contributed by atoms with E-state index in [0.717, 1.165) is 18.4 Å². The van der Waals surface area contributed by atoms with Crippen LogP contribution in [0, 0.1) is 10.1 Å². The molecule has 172 valence electrons. The molecule has 0 heterocycles. The van der Waals surface area contributed by atoms with Crippen molar-refractivity contribution in [2.45, 2.75) is 13.1 Å². The molecule has 14 heteroatoms. The summed E-state index contributed by atoms with van der Waals surface area (Å²) < 4.78 is 64.0. The molecule has 2 aromatic rings. The van der Waals surface area contributed by atoms with E-state index >= 15 is 0 Å². The highest BCUT2D eigenvalue weighted by atomic mass is 35.5. The number of nitrogens with zero attached hydrogens (tertiary/aromatic N) is 3. The summed E-state index contributed by atoms with van der Waals surface area (Å²) in [5.74, 6) is -0.955. The number of nitro benzene ring substituents is 1. The van der Waals surface area contributed by atoms with Gasteiger partial charge in [0, 0.05) is 17.7 Å². The van der Waals surface area contributed by atoms with Gasteiger partial charge in [0.05, 0.1) is 33.2 Å². The van der Waals surface area contributed by atoms with Crippen LogP contribution in [0.1, 0.15) is 18.1 Å². The number of non-ortho nitro benzene ring substituents is 1. The van der Waals surface area contributed by atoms with Crippen molar-refractivity contribution >= 4 is 44.6 Å². The van der Waals surface area contributed by atoms with Crippen LogP contribution in [0.15, 0.2) is 47.6 Å². The summed E-state index contributed by atoms with van der Waals surface area (Å²) in [4.78, 5) is 22.5. The van der Waals surface area contributed by atoms with Gasteiger partial charge < -0.3 is 0 Å². The number of anilines is 1. The van der Waals surface area contributed by atoms with Crippen LogP contribution < -0.4 is 9.73 Å². The minimum atomic E-state index is -4.84. The monoisotopic (exact) mass is 492 g/mol. The second kappa shape index (κ2) is 9.53. The maximum absolute atomic E-state index is 13.1. The number of hydrogen-bond donors (Lipinski definition) is 1. The van der Waals surface area contributed by atoms with E-state index in [4.69, 9.17) is 11.6 Å². The first kappa shape index (κ1) is 25.1. The smallest absolute Gasteiger partial charge is 0.271 e. The third-order valence-electron chi connectivity index (χ3n) is 4.05. The number of hydrogen-bond acceptors (Lipinski definition) is 6. The zero-order valence-corrected chi connectivity index (χ0v) is 18.1. The van der Waals surface area contributed by atoms with Crippen LogP contribution >= 0.6 is 11.6 Å². The molecule has 0 atom stereocenters. The normalized spacial score (nSPS) is 12.4. The molecule has 0 fully saturated rings. The van der Waals surface area contributed by atoms with E-state index in [-0.39, 0.29) is 11.4 Å². The predicted molar refractivity (Wildman–Crippen MR) is 112 cm³/mol. The van der Waals surface area contributed by atoms with Crippen molar-refractivity contribution in [1.82, 2.24) is 5.43 Å². The first-order valence-corrected chi connectivity index (χ1v) is 10.8. The summed E-state index contributed by atoms with van der Waals surface area (Å²) in [6.45, 7) is 0.575. The molecule has 0 spiro atoms. The highest BCUT2D eigenvalue weighted by molar-refractivity contribution is 7.92. The molecule has 0 saturated heterocycles. The summed E-state index contributed by atoms with van der Waals surface area (Å²) in [5, 5.41) is 14.0. The minimum Gasteiger partial charge on any atom is -0.271 e. The highest BCUT2D eigenvalue weighted by Gasteiger charge is 2.34. The molecule has 0 aromatic heterocycles. The first-order valence-electron chi connectivity index (χ1n) is 8.62. The van der Waals surface area contributed by atoms with Crippen molar-refractivity contribution in [3.8, 4) is 0 Å². The predicted octanol–water partition coefficient (Wildman–Crippen LogP) is 3.57. The number of halogens is 4. The second-order valence-corrected chi connectivity index (χ2v) is 8.79. The second-order valence-electron chi connectivity index (χ2n) is 6.47. The SMILES string of the molecule is C/C(=N/NC(=O)CN(c1ccc(Cl)c(C(F)(F)F)c1)S(C)(=O)=O)c1cccc([N+](=O)[O-])c1. The van der Waals surface area contributed by atoms with E-state index in [9.17, 15) is 36.5 Å². The fourth-order valence-corrected chi connectivity index (χ4v) is 3.58. The lowest BCUT2D eigenvalue weighted by Gasteiger charge is -2.22. The van der Waals surface area contributed by atoms with Gasteiger partial charge in [0.25, 0.3) is 11.6 Å². The van der Waals surface area contributed by atoms with Gasteiger partial charge in [-0.1, -0.05) is 23.7 Å². The summed E-state index contributed by atoms with van der Waals surface area (Å²) >= 11 is 5.55. The van der Waals surface area contributed by atoms with E-state index < -0.39 is 49.8 Å². The number of hydrazone groups is 1. The first-order chi connectivity index (χ1) is 14.7. The third-order valence-corrected chi connectivity index (χ3v) is 5.52. The molecule has 0 saturated carbocycles. The lowest BCUT2D eigenvalue weighted by Crippen LogP contribution is -2.39. The van der Waals surface area contributed by atoms with Crippen molar-refractivity contribution in [3.05, 3.63) is 68.7 Å². The summed E-state index contributed by atoms with van der Waals surface area (Å²) in [6.07, 6.45) is -4.11.